The van der Waals surface area contributed by atoms with Crippen molar-refractivity contribution in [2.24, 2.45) is 0 Å². The van der Waals surface area contributed by atoms with Crippen LogP contribution in [0.3, 0.4) is 0 Å². The Labute approximate surface area is 132 Å². The summed E-state index contributed by atoms with van der Waals surface area (Å²) in [6.07, 6.45) is 0.158. The third-order valence-corrected chi connectivity index (χ3v) is 3.32. The van der Waals surface area contributed by atoms with Crippen molar-refractivity contribution in [3.05, 3.63) is 42.1 Å². The van der Waals surface area contributed by atoms with Crippen LogP contribution >= 0.6 is 0 Å². The minimum Gasteiger partial charge on any atom is -0.427 e. The van der Waals surface area contributed by atoms with E-state index in [0.717, 1.165) is 4.90 Å². The quantitative estimate of drug-likeness (QED) is 0.499. The van der Waals surface area contributed by atoms with Crippen molar-refractivity contribution in [1.82, 2.24) is 10.2 Å². The molecule has 2 rings (SSSR count). The number of carbonyl (C=O) groups is 4. The number of nitrogens with zero attached hydrogens (tertiary/aromatic N) is 1. The average molecular weight is 316 g/mol. The van der Waals surface area contributed by atoms with Crippen molar-refractivity contribution >= 4 is 23.7 Å². The highest BCUT2D eigenvalue weighted by atomic mass is 16.5. The van der Waals surface area contributed by atoms with E-state index in [4.69, 9.17) is 4.74 Å². The van der Waals surface area contributed by atoms with Gasteiger partial charge in [0, 0.05) is 20.3 Å². The van der Waals surface area contributed by atoms with Crippen LogP contribution < -0.4 is 10.1 Å². The predicted octanol–water partition coefficient (Wildman–Crippen LogP) is 0.542. The van der Waals surface area contributed by atoms with E-state index in [0.29, 0.717) is 11.3 Å². The zero-order chi connectivity index (χ0) is 17.1. The number of imide groups is 1. The Morgan fingerprint density at radius 2 is 1.83 bits per heavy atom. The molecule has 1 aromatic carbocycles. The van der Waals surface area contributed by atoms with E-state index in [1.54, 1.807) is 24.3 Å². The fourth-order valence-electron chi connectivity index (χ4n) is 2.32. The summed E-state index contributed by atoms with van der Waals surface area (Å²) in [6, 6.07) is 5.55. The number of nitrogens with one attached hydrogen (secondary N) is 1. The number of hydrogen-bond acceptors (Lipinski definition) is 5. The van der Waals surface area contributed by atoms with E-state index >= 15 is 0 Å². The first-order valence-corrected chi connectivity index (χ1v) is 6.91. The van der Waals surface area contributed by atoms with Crippen LogP contribution in [0.15, 0.2) is 36.5 Å². The fourth-order valence-corrected chi connectivity index (χ4v) is 2.32. The van der Waals surface area contributed by atoms with Crippen LogP contribution in [-0.2, 0) is 25.6 Å². The monoisotopic (exact) mass is 316 g/mol. The van der Waals surface area contributed by atoms with Gasteiger partial charge in [-0.25, -0.2) is 0 Å². The number of esters is 1. The molecule has 0 spiro atoms. The molecule has 7 nitrogen and oxygen atoms in total. The van der Waals surface area contributed by atoms with Crippen LogP contribution in [0, 0.1) is 0 Å². The third-order valence-electron chi connectivity index (χ3n) is 3.32. The molecule has 0 aromatic heterocycles. The summed E-state index contributed by atoms with van der Waals surface area (Å²) in [4.78, 5) is 47.6. The lowest BCUT2D eigenvalue weighted by molar-refractivity contribution is -0.152. The summed E-state index contributed by atoms with van der Waals surface area (Å²) in [6.45, 7) is 5.95. The minimum atomic E-state index is -0.940. The Morgan fingerprint density at radius 1 is 1.22 bits per heavy atom. The van der Waals surface area contributed by atoms with Gasteiger partial charge in [-0.05, 0) is 17.7 Å². The normalized spacial score (nSPS) is 17.7. The Bertz CT molecular complexity index is 693. The van der Waals surface area contributed by atoms with E-state index in [9.17, 15) is 19.2 Å². The Balaban J connectivity index is 2.20. The summed E-state index contributed by atoms with van der Waals surface area (Å²) in [7, 11) is 0. The zero-order valence-electron chi connectivity index (χ0n) is 12.8. The predicted molar refractivity (Wildman–Crippen MR) is 80.1 cm³/mol. The van der Waals surface area contributed by atoms with Crippen molar-refractivity contribution in [3.8, 4) is 5.75 Å². The maximum Gasteiger partial charge on any atom is 0.308 e. The standard InChI is InChI=1S/C16H16N2O5/c1-9-16(22)18(10(2)19)14(15(21)17-9)8-12-4-6-13(7-5-12)23-11(3)20/h4-7,14H,1,8H2,2-3H3,(H,17,21)/t14-/m0/s1. The number of piperazine rings is 1. The molecule has 7 heteroatoms. The average Bonchev–Trinajstić information content (AvgIpc) is 2.46. The molecule has 1 N–H and O–H groups in total. The highest BCUT2D eigenvalue weighted by Crippen LogP contribution is 2.19. The molecule has 1 aliphatic heterocycles. The second-order valence-electron chi connectivity index (χ2n) is 5.12. The van der Waals surface area contributed by atoms with Crippen LogP contribution in [0.2, 0.25) is 0 Å². The van der Waals surface area contributed by atoms with Gasteiger partial charge in [0.25, 0.3) is 5.91 Å². The van der Waals surface area contributed by atoms with Crippen LogP contribution in [0.4, 0.5) is 0 Å². The van der Waals surface area contributed by atoms with Gasteiger partial charge in [0.2, 0.25) is 11.8 Å². The number of benzene rings is 1. The first kappa shape index (κ1) is 16.4. The van der Waals surface area contributed by atoms with Crippen molar-refractivity contribution in [2.75, 3.05) is 0 Å². The molecule has 0 aliphatic carbocycles. The van der Waals surface area contributed by atoms with Crippen LogP contribution in [0.5, 0.6) is 5.75 Å². The maximum absolute atomic E-state index is 12.1. The van der Waals surface area contributed by atoms with Crippen LogP contribution in [0.25, 0.3) is 0 Å². The molecule has 0 unspecified atom stereocenters. The number of rotatable bonds is 3. The van der Waals surface area contributed by atoms with Gasteiger partial charge in [0.05, 0.1) is 5.70 Å². The molecule has 3 amide bonds. The van der Waals surface area contributed by atoms with E-state index < -0.39 is 29.7 Å². The number of amides is 3. The van der Waals surface area contributed by atoms with E-state index in [-0.39, 0.29) is 12.1 Å². The van der Waals surface area contributed by atoms with Gasteiger partial charge < -0.3 is 10.1 Å². The molecular formula is C16H16N2O5. The smallest absolute Gasteiger partial charge is 0.308 e. The molecule has 1 aromatic rings. The molecule has 0 saturated carbocycles. The lowest BCUT2D eigenvalue weighted by Crippen LogP contribution is -2.59. The minimum absolute atomic E-state index is 0.119. The number of hydrogen-bond donors (Lipinski definition) is 1. The summed E-state index contributed by atoms with van der Waals surface area (Å²) in [5.41, 5.74) is 0.597. The second-order valence-corrected chi connectivity index (χ2v) is 5.12. The molecule has 0 bridgehead atoms. The van der Waals surface area contributed by atoms with Gasteiger partial charge in [-0.2, -0.15) is 0 Å². The zero-order valence-corrected chi connectivity index (χ0v) is 12.8. The molecule has 23 heavy (non-hydrogen) atoms. The highest BCUT2D eigenvalue weighted by molar-refractivity contribution is 6.11. The summed E-state index contributed by atoms with van der Waals surface area (Å²) in [5, 5.41) is 2.38. The number of ether oxygens (including phenoxy) is 1. The van der Waals surface area contributed by atoms with Crippen molar-refractivity contribution in [1.29, 1.82) is 0 Å². The Kier molecular flexibility index (Phi) is 4.59. The molecular weight excluding hydrogens is 300 g/mol. The molecule has 120 valence electrons. The fraction of sp³-hybridized carbons (Fsp3) is 0.250. The molecule has 0 radical (unpaired) electrons. The summed E-state index contributed by atoms with van der Waals surface area (Å²) in [5.74, 6) is -1.65. The second kappa shape index (κ2) is 6.43. The highest BCUT2D eigenvalue weighted by Gasteiger charge is 2.39. The van der Waals surface area contributed by atoms with Gasteiger partial charge in [0.15, 0.2) is 0 Å². The SMILES string of the molecule is C=C1NC(=O)[C@H](Cc2ccc(OC(C)=O)cc2)N(C(C)=O)C1=O. The lowest BCUT2D eigenvalue weighted by atomic mass is 10.0. The molecule has 1 heterocycles. The summed E-state index contributed by atoms with van der Waals surface area (Å²) < 4.78 is 4.92. The maximum atomic E-state index is 12.1. The largest absolute Gasteiger partial charge is 0.427 e. The van der Waals surface area contributed by atoms with Gasteiger partial charge in [0.1, 0.15) is 11.8 Å². The molecule has 1 aliphatic rings. The molecule has 1 saturated heterocycles. The first-order valence-electron chi connectivity index (χ1n) is 6.91. The van der Waals surface area contributed by atoms with Crippen LogP contribution in [0.1, 0.15) is 19.4 Å². The summed E-state index contributed by atoms with van der Waals surface area (Å²) >= 11 is 0. The first-order chi connectivity index (χ1) is 10.8. The van der Waals surface area contributed by atoms with Gasteiger partial charge in [-0.3, -0.25) is 24.1 Å². The van der Waals surface area contributed by atoms with Gasteiger partial charge in [-0.15, -0.1) is 0 Å². The van der Waals surface area contributed by atoms with E-state index in [1.165, 1.54) is 13.8 Å². The van der Waals surface area contributed by atoms with Crippen LogP contribution in [-0.4, -0.2) is 34.6 Å². The number of carbonyl (C=O) groups excluding carboxylic acids is 4. The van der Waals surface area contributed by atoms with Crippen molar-refractivity contribution < 1.29 is 23.9 Å². The topological polar surface area (TPSA) is 92.8 Å². The Morgan fingerprint density at radius 3 is 2.35 bits per heavy atom. The van der Waals surface area contributed by atoms with Gasteiger partial charge in [-0.1, -0.05) is 18.7 Å². The lowest BCUT2D eigenvalue weighted by Gasteiger charge is -2.33. The molecule has 1 atom stereocenters. The Hall–Kier alpha value is -2.96. The van der Waals surface area contributed by atoms with Crippen molar-refractivity contribution in [2.45, 2.75) is 26.3 Å². The van der Waals surface area contributed by atoms with E-state index in [2.05, 4.69) is 11.9 Å². The van der Waals surface area contributed by atoms with E-state index in [1.807, 2.05) is 0 Å². The molecule has 1 fully saturated rings. The third kappa shape index (κ3) is 3.63. The van der Waals surface area contributed by atoms with Crippen molar-refractivity contribution in [3.63, 3.8) is 0 Å². The van der Waals surface area contributed by atoms with Gasteiger partial charge >= 0.3 is 5.97 Å².